The van der Waals surface area contributed by atoms with Crippen LogP contribution in [0, 0.1) is 12.3 Å². The molecule has 3 nitrogen and oxygen atoms in total. The number of hydrogen-bond acceptors (Lipinski definition) is 3. The number of nitrogens with zero attached hydrogens (tertiary/aromatic N) is 2. The van der Waals surface area contributed by atoms with Crippen LogP contribution in [0.25, 0.3) is 17.1 Å². The third-order valence-corrected chi connectivity index (χ3v) is 4.10. The summed E-state index contributed by atoms with van der Waals surface area (Å²) >= 11 is 1.38. The molecule has 0 bridgehead atoms. The first-order valence-electron chi connectivity index (χ1n) is 7.11. The van der Waals surface area contributed by atoms with Gasteiger partial charge in [0.25, 0.3) is 5.91 Å². The number of carbonyl (C=O) groups is 1. The molecule has 1 heterocycles. The van der Waals surface area contributed by atoms with E-state index in [-0.39, 0.29) is 5.91 Å². The van der Waals surface area contributed by atoms with Crippen LogP contribution in [0.4, 0.5) is 0 Å². The minimum Gasteiger partial charge on any atom is -0.269 e. The van der Waals surface area contributed by atoms with Crippen LogP contribution in [0.2, 0.25) is 0 Å². The van der Waals surface area contributed by atoms with Crippen LogP contribution in [0.5, 0.6) is 0 Å². The highest BCUT2D eigenvalue weighted by atomic mass is 32.2. The smallest absolute Gasteiger partial charge is 0.257 e. The lowest BCUT2D eigenvalue weighted by Crippen LogP contribution is -2.08. The molecule has 0 atom stereocenters. The SMILES string of the molecule is C#CCSc1nc2ccccc2n1C(=O)/C=C\c1ccccc1. The summed E-state index contributed by atoms with van der Waals surface area (Å²) in [6, 6.07) is 17.3. The Morgan fingerprint density at radius 1 is 1.17 bits per heavy atom. The van der Waals surface area contributed by atoms with Crippen molar-refractivity contribution >= 4 is 34.8 Å². The van der Waals surface area contributed by atoms with Gasteiger partial charge in [-0.15, -0.1) is 6.42 Å². The predicted molar refractivity (Wildman–Crippen MR) is 95.4 cm³/mol. The van der Waals surface area contributed by atoms with Crippen LogP contribution in [-0.2, 0) is 0 Å². The fraction of sp³-hybridized carbons (Fsp3) is 0.0526. The average Bonchev–Trinajstić information content (AvgIpc) is 2.97. The van der Waals surface area contributed by atoms with Crippen LogP contribution in [-0.4, -0.2) is 21.2 Å². The van der Waals surface area contributed by atoms with E-state index in [1.165, 1.54) is 11.8 Å². The summed E-state index contributed by atoms with van der Waals surface area (Å²) in [5.74, 6) is 2.90. The Hall–Kier alpha value is -2.77. The highest BCUT2D eigenvalue weighted by Gasteiger charge is 2.14. The van der Waals surface area contributed by atoms with E-state index in [0.717, 1.165) is 16.6 Å². The lowest BCUT2D eigenvalue weighted by Gasteiger charge is -2.03. The number of allylic oxidation sites excluding steroid dienone is 1. The maximum Gasteiger partial charge on any atom is 0.257 e. The molecular formula is C19H14N2OS. The fourth-order valence-corrected chi connectivity index (χ4v) is 2.92. The Kier molecular flexibility index (Phi) is 4.60. The fourth-order valence-electron chi connectivity index (χ4n) is 2.23. The van der Waals surface area contributed by atoms with Crippen molar-refractivity contribution in [1.82, 2.24) is 9.55 Å². The van der Waals surface area contributed by atoms with Crippen molar-refractivity contribution in [3.05, 3.63) is 66.2 Å². The number of carbonyl (C=O) groups excluding carboxylic acids is 1. The molecule has 0 N–H and O–H groups in total. The molecule has 3 rings (SSSR count). The Morgan fingerprint density at radius 3 is 2.70 bits per heavy atom. The molecule has 0 saturated heterocycles. The standard InChI is InChI=1S/C19H14N2OS/c1-2-14-23-19-20-16-10-6-7-11-17(16)21(19)18(22)13-12-15-8-4-3-5-9-15/h1,3-13H,14H2/b13-12-. The minimum absolute atomic E-state index is 0.137. The van der Waals surface area contributed by atoms with Crippen LogP contribution in [0.3, 0.4) is 0 Å². The van der Waals surface area contributed by atoms with Gasteiger partial charge in [-0.2, -0.15) is 0 Å². The highest BCUT2D eigenvalue weighted by Crippen LogP contribution is 2.24. The van der Waals surface area contributed by atoms with Gasteiger partial charge >= 0.3 is 0 Å². The zero-order chi connectivity index (χ0) is 16.1. The van der Waals surface area contributed by atoms with Crippen LogP contribution in [0.1, 0.15) is 10.4 Å². The second-order valence-electron chi connectivity index (χ2n) is 4.79. The van der Waals surface area contributed by atoms with Crippen molar-refractivity contribution in [2.75, 3.05) is 5.75 Å². The summed E-state index contributed by atoms with van der Waals surface area (Å²) in [4.78, 5) is 17.2. The van der Waals surface area contributed by atoms with Gasteiger partial charge in [0.15, 0.2) is 5.16 Å². The monoisotopic (exact) mass is 318 g/mol. The van der Waals surface area contributed by atoms with E-state index < -0.39 is 0 Å². The first kappa shape index (κ1) is 15.1. The largest absolute Gasteiger partial charge is 0.269 e. The van der Waals surface area contributed by atoms with Gasteiger partial charge in [0.05, 0.1) is 16.8 Å². The van der Waals surface area contributed by atoms with E-state index in [2.05, 4.69) is 10.9 Å². The van der Waals surface area contributed by atoms with Gasteiger partial charge in [0.1, 0.15) is 0 Å². The van der Waals surface area contributed by atoms with Gasteiger partial charge in [-0.25, -0.2) is 4.98 Å². The Morgan fingerprint density at radius 2 is 1.91 bits per heavy atom. The molecule has 0 saturated carbocycles. The van der Waals surface area contributed by atoms with Crippen molar-refractivity contribution < 1.29 is 4.79 Å². The lowest BCUT2D eigenvalue weighted by atomic mass is 10.2. The summed E-state index contributed by atoms with van der Waals surface area (Å²) < 4.78 is 1.61. The van der Waals surface area contributed by atoms with E-state index in [9.17, 15) is 4.79 Å². The maximum absolute atomic E-state index is 12.6. The van der Waals surface area contributed by atoms with Gasteiger partial charge in [0.2, 0.25) is 0 Å². The molecule has 23 heavy (non-hydrogen) atoms. The Labute approximate surface area is 139 Å². The molecule has 0 aliphatic rings. The van der Waals surface area contributed by atoms with Crippen molar-refractivity contribution in [2.24, 2.45) is 0 Å². The topological polar surface area (TPSA) is 34.9 Å². The molecule has 0 aliphatic heterocycles. The molecule has 2 aromatic carbocycles. The minimum atomic E-state index is -0.137. The van der Waals surface area contributed by atoms with Gasteiger partial charge in [0, 0.05) is 6.08 Å². The molecule has 3 aromatic rings. The van der Waals surface area contributed by atoms with E-state index in [1.54, 1.807) is 16.7 Å². The molecule has 0 radical (unpaired) electrons. The number of aromatic nitrogens is 2. The number of thioether (sulfide) groups is 1. The zero-order valence-electron chi connectivity index (χ0n) is 12.3. The molecule has 0 amide bonds. The van der Waals surface area contributed by atoms with E-state index in [0.29, 0.717) is 10.9 Å². The molecule has 1 aromatic heterocycles. The average molecular weight is 318 g/mol. The molecule has 0 spiro atoms. The van der Waals surface area contributed by atoms with Gasteiger partial charge < -0.3 is 0 Å². The Bertz CT molecular complexity index is 904. The van der Waals surface area contributed by atoms with Gasteiger partial charge in [-0.1, -0.05) is 60.1 Å². The highest BCUT2D eigenvalue weighted by molar-refractivity contribution is 7.99. The van der Waals surface area contributed by atoms with E-state index >= 15 is 0 Å². The molecular weight excluding hydrogens is 304 g/mol. The summed E-state index contributed by atoms with van der Waals surface area (Å²) in [6.07, 6.45) is 8.68. The number of para-hydroxylation sites is 2. The zero-order valence-corrected chi connectivity index (χ0v) is 13.2. The number of hydrogen-bond donors (Lipinski definition) is 0. The number of terminal acetylenes is 1. The van der Waals surface area contributed by atoms with Crippen molar-refractivity contribution in [3.63, 3.8) is 0 Å². The third-order valence-electron chi connectivity index (χ3n) is 3.25. The molecule has 112 valence electrons. The summed E-state index contributed by atoms with van der Waals surface area (Å²) in [5.41, 5.74) is 2.55. The number of imidazole rings is 1. The normalized spacial score (nSPS) is 10.9. The molecule has 0 fully saturated rings. The first-order chi connectivity index (χ1) is 11.3. The second kappa shape index (κ2) is 6.99. The molecule has 4 heteroatoms. The van der Waals surface area contributed by atoms with Crippen molar-refractivity contribution in [1.29, 1.82) is 0 Å². The maximum atomic E-state index is 12.6. The van der Waals surface area contributed by atoms with Gasteiger partial charge in [-0.05, 0) is 23.8 Å². The lowest BCUT2D eigenvalue weighted by molar-refractivity contribution is 0.0965. The van der Waals surface area contributed by atoms with Crippen molar-refractivity contribution in [2.45, 2.75) is 5.16 Å². The van der Waals surface area contributed by atoms with E-state index in [4.69, 9.17) is 6.42 Å². The molecule has 0 unspecified atom stereocenters. The Balaban J connectivity index is 1.98. The number of fused-ring (bicyclic) bond motifs is 1. The third kappa shape index (κ3) is 3.36. The number of benzene rings is 2. The summed E-state index contributed by atoms with van der Waals surface area (Å²) in [7, 11) is 0. The van der Waals surface area contributed by atoms with Gasteiger partial charge in [-0.3, -0.25) is 9.36 Å². The molecule has 0 aliphatic carbocycles. The quantitative estimate of drug-likeness (QED) is 0.412. The van der Waals surface area contributed by atoms with E-state index in [1.807, 2.05) is 54.6 Å². The first-order valence-corrected chi connectivity index (χ1v) is 8.09. The van der Waals surface area contributed by atoms with Crippen LogP contribution < -0.4 is 0 Å². The van der Waals surface area contributed by atoms with Crippen LogP contribution >= 0.6 is 11.8 Å². The summed E-state index contributed by atoms with van der Waals surface area (Å²) in [6.45, 7) is 0. The van der Waals surface area contributed by atoms with Crippen molar-refractivity contribution in [3.8, 4) is 12.3 Å². The number of rotatable bonds is 4. The second-order valence-corrected chi connectivity index (χ2v) is 5.74. The van der Waals surface area contributed by atoms with Crippen LogP contribution in [0.15, 0.2) is 65.8 Å². The predicted octanol–water partition coefficient (Wildman–Crippen LogP) is 4.12. The summed E-state index contributed by atoms with van der Waals surface area (Å²) in [5, 5.41) is 0.617.